The van der Waals surface area contributed by atoms with Gasteiger partial charge in [0.05, 0.1) is 6.61 Å². The van der Waals surface area contributed by atoms with E-state index in [2.05, 4.69) is 10.1 Å². The topological polar surface area (TPSA) is 41.6 Å². The van der Waals surface area contributed by atoms with Crippen LogP contribution in [-0.2, 0) is 17.9 Å². The lowest BCUT2D eigenvalue weighted by Crippen LogP contribution is -2.22. The largest absolute Gasteiger partial charge is 0.411 e. The fourth-order valence-electron chi connectivity index (χ4n) is 2.23. The minimum Gasteiger partial charge on any atom is -0.378 e. The van der Waals surface area contributed by atoms with Crippen molar-refractivity contribution in [2.24, 2.45) is 0 Å². The summed E-state index contributed by atoms with van der Waals surface area (Å²) < 4.78 is 40.7. The van der Waals surface area contributed by atoms with Gasteiger partial charge >= 0.3 is 6.18 Å². The molecule has 0 aromatic heterocycles. The molecule has 7 heteroatoms. The molecule has 2 aromatic rings. The van der Waals surface area contributed by atoms with Crippen molar-refractivity contribution >= 4 is 11.6 Å². The first kappa shape index (κ1) is 19.8. The van der Waals surface area contributed by atoms with Gasteiger partial charge in [-0.15, -0.1) is 0 Å². The van der Waals surface area contributed by atoms with Crippen LogP contribution in [-0.4, -0.2) is 32.8 Å². The molecule has 0 heterocycles. The molecule has 1 amide bonds. The van der Waals surface area contributed by atoms with E-state index in [1.54, 1.807) is 36.4 Å². The number of ether oxygens (including phenoxy) is 1. The van der Waals surface area contributed by atoms with E-state index in [9.17, 15) is 18.0 Å². The lowest BCUT2D eigenvalue weighted by molar-refractivity contribution is -0.176. The molecular formula is C19H21F3N2O2. The van der Waals surface area contributed by atoms with Crippen molar-refractivity contribution < 1.29 is 22.7 Å². The van der Waals surface area contributed by atoms with E-state index in [1.807, 2.05) is 31.1 Å². The van der Waals surface area contributed by atoms with Crippen molar-refractivity contribution in [3.8, 4) is 0 Å². The van der Waals surface area contributed by atoms with Crippen LogP contribution in [0.1, 0.15) is 21.5 Å². The van der Waals surface area contributed by atoms with Gasteiger partial charge in [-0.2, -0.15) is 13.2 Å². The van der Waals surface area contributed by atoms with Crippen LogP contribution < -0.4 is 10.2 Å². The summed E-state index contributed by atoms with van der Waals surface area (Å²) in [6, 6.07) is 14.1. The van der Waals surface area contributed by atoms with Crippen LogP contribution in [0.15, 0.2) is 48.5 Å². The number of amides is 1. The summed E-state index contributed by atoms with van der Waals surface area (Å²) in [5, 5.41) is 2.81. The fourth-order valence-corrected chi connectivity index (χ4v) is 2.23. The van der Waals surface area contributed by atoms with Gasteiger partial charge in [0.15, 0.2) is 0 Å². The number of carbonyl (C=O) groups is 1. The molecule has 0 unspecified atom stereocenters. The normalized spacial score (nSPS) is 11.3. The summed E-state index contributed by atoms with van der Waals surface area (Å²) in [6.07, 6.45) is -4.32. The molecule has 1 N–H and O–H groups in total. The number of alkyl halides is 3. The van der Waals surface area contributed by atoms with Crippen molar-refractivity contribution in [2.45, 2.75) is 19.3 Å². The number of nitrogens with one attached hydrogen (secondary N) is 1. The average Bonchev–Trinajstić information content (AvgIpc) is 2.60. The lowest BCUT2D eigenvalue weighted by atomic mass is 10.1. The first-order chi connectivity index (χ1) is 12.2. The van der Waals surface area contributed by atoms with Crippen molar-refractivity contribution in [3.63, 3.8) is 0 Å². The molecule has 2 aromatic carbocycles. The van der Waals surface area contributed by atoms with Gasteiger partial charge < -0.3 is 15.0 Å². The quantitative estimate of drug-likeness (QED) is 0.811. The van der Waals surface area contributed by atoms with Crippen LogP contribution >= 0.6 is 0 Å². The maximum absolute atomic E-state index is 12.2. The van der Waals surface area contributed by atoms with Crippen LogP contribution in [0.3, 0.4) is 0 Å². The van der Waals surface area contributed by atoms with Gasteiger partial charge in [0.1, 0.15) is 6.61 Å². The molecule has 0 aliphatic rings. The number of rotatable bonds is 7. The summed E-state index contributed by atoms with van der Waals surface area (Å²) >= 11 is 0. The van der Waals surface area contributed by atoms with Gasteiger partial charge in [0.25, 0.3) is 5.91 Å². The van der Waals surface area contributed by atoms with Crippen LogP contribution in [0.2, 0.25) is 0 Å². The third-order valence-corrected chi connectivity index (χ3v) is 3.66. The molecule has 0 radical (unpaired) electrons. The Hall–Kier alpha value is -2.54. The molecule has 0 fully saturated rings. The Morgan fingerprint density at radius 1 is 1.00 bits per heavy atom. The molecule has 4 nitrogen and oxygen atoms in total. The molecule has 0 bridgehead atoms. The van der Waals surface area contributed by atoms with E-state index in [0.29, 0.717) is 17.7 Å². The second-order valence-electron chi connectivity index (χ2n) is 6.05. The van der Waals surface area contributed by atoms with Gasteiger partial charge in [-0.25, -0.2) is 0 Å². The van der Waals surface area contributed by atoms with Gasteiger partial charge in [0, 0.05) is 31.9 Å². The zero-order chi connectivity index (χ0) is 19.2. The SMILES string of the molecule is CN(C)c1ccc(C(=O)NCc2ccc(COCC(F)(F)F)cc2)cc1. The van der Waals surface area contributed by atoms with E-state index < -0.39 is 12.8 Å². The summed E-state index contributed by atoms with van der Waals surface area (Å²) in [5.41, 5.74) is 3.06. The first-order valence-electron chi connectivity index (χ1n) is 8.02. The third kappa shape index (κ3) is 6.40. The average molecular weight is 366 g/mol. The minimum absolute atomic E-state index is 0.107. The van der Waals surface area contributed by atoms with Gasteiger partial charge in [-0.05, 0) is 35.4 Å². The van der Waals surface area contributed by atoms with E-state index in [4.69, 9.17) is 0 Å². The first-order valence-corrected chi connectivity index (χ1v) is 8.02. The number of benzene rings is 2. The summed E-state index contributed by atoms with van der Waals surface area (Å²) in [7, 11) is 3.85. The van der Waals surface area contributed by atoms with Gasteiger partial charge in [-0.3, -0.25) is 4.79 Å². The Labute approximate surface area is 150 Å². The fraction of sp³-hybridized carbons (Fsp3) is 0.316. The van der Waals surface area contributed by atoms with Crippen LogP contribution in [0.5, 0.6) is 0 Å². The van der Waals surface area contributed by atoms with Crippen LogP contribution in [0, 0.1) is 0 Å². The highest BCUT2D eigenvalue weighted by Crippen LogP contribution is 2.16. The van der Waals surface area contributed by atoms with Crippen molar-refractivity contribution in [2.75, 3.05) is 25.6 Å². The number of carbonyl (C=O) groups excluding carboxylic acids is 1. The monoisotopic (exact) mass is 366 g/mol. The predicted octanol–water partition coefficient (Wildman–Crippen LogP) is 3.76. The molecular weight excluding hydrogens is 345 g/mol. The summed E-state index contributed by atoms with van der Waals surface area (Å²) in [6.45, 7) is -1.04. The Morgan fingerprint density at radius 3 is 2.12 bits per heavy atom. The van der Waals surface area contributed by atoms with E-state index in [0.717, 1.165) is 11.3 Å². The molecule has 0 saturated carbocycles. The standard InChI is InChI=1S/C19H21F3N2O2/c1-24(2)17-9-7-16(8-10-17)18(25)23-11-14-3-5-15(6-4-14)12-26-13-19(20,21)22/h3-10H,11-13H2,1-2H3,(H,23,25). The zero-order valence-electron chi connectivity index (χ0n) is 14.6. The summed E-state index contributed by atoms with van der Waals surface area (Å²) in [4.78, 5) is 14.1. The Morgan fingerprint density at radius 2 is 1.58 bits per heavy atom. The number of halogens is 3. The van der Waals surface area contributed by atoms with E-state index in [1.165, 1.54) is 0 Å². The number of hydrogen-bond acceptors (Lipinski definition) is 3. The highest BCUT2D eigenvalue weighted by Gasteiger charge is 2.27. The minimum atomic E-state index is -4.32. The maximum atomic E-state index is 12.2. The predicted molar refractivity (Wildman–Crippen MR) is 94.1 cm³/mol. The molecule has 0 aliphatic carbocycles. The zero-order valence-corrected chi connectivity index (χ0v) is 14.6. The molecule has 26 heavy (non-hydrogen) atoms. The molecule has 0 atom stereocenters. The number of hydrogen-bond donors (Lipinski definition) is 1. The van der Waals surface area contributed by atoms with Crippen LogP contribution in [0.4, 0.5) is 18.9 Å². The third-order valence-electron chi connectivity index (χ3n) is 3.66. The highest BCUT2D eigenvalue weighted by atomic mass is 19.4. The molecule has 0 spiro atoms. The second-order valence-corrected chi connectivity index (χ2v) is 6.05. The second kappa shape index (κ2) is 8.71. The van der Waals surface area contributed by atoms with Gasteiger partial charge in [0.2, 0.25) is 0 Å². The van der Waals surface area contributed by atoms with E-state index in [-0.39, 0.29) is 12.5 Å². The highest BCUT2D eigenvalue weighted by molar-refractivity contribution is 5.94. The van der Waals surface area contributed by atoms with Crippen molar-refractivity contribution in [1.29, 1.82) is 0 Å². The van der Waals surface area contributed by atoms with Crippen LogP contribution in [0.25, 0.3) is 0 Å². The molecule has 0 aliphatic heterocycles. The number of anilines is 1. The molecule has 140 valence electrons. The molecule has 2 rings (SSSR count). The lowest BCUT2D eigenvalue weighted by Gasteiger charge is -2.12. The van der Waals surface area contributed by atoms with Gasteiger partial charge in [-0.1, -0.05) is 24.3 Å². The number of nitrogens with zero attached hydrogens (tertiary/aromatic N) is 1. The Bertz CT molecular complexity index is 711. The smallest absolute Gasteiger partial charge is 0.378 e. The molecule has 0 saturated heterocycles. The Kier molecular flexibility index (Phi) is 6.63. The van der Waals surface area contributed by atoms with E-state index >= 15 is 0 Å². The maximum Gasteiger partial charge on any atom is 0.411 e. The van der Waals surface area contributed by atoms with Crippen molar-refractivity contribution in [1.82, 2.24) is 5.32 Å². The summed E-state index contributed by atoms with van der Waals surface area (Å²) in [5.74, 6) is -0.187. The van der Waals surface area contributed by atoms with Crippen molar-refractivity contribution in [3.05, 3.63) is 65.2 Å². The Balaban J connectivity index is 1.82.